The lowest BCUT2D eigenvalue weighted by atomic mass is 10.0. The van der Waals surface area contributed by atoms with Gasteiger partial charge in [-0.05, 0) is 12.5 Å². The molecule has 1 aromatic rings. The van der Waals surface area contributed by atoms with Gasteiger partial charge in [-0.2, -0.15) is 0 Å². The van der Waals surface area contributed by atoms with E-state index < -0.39 is 5.97 Å². The molecule has 0 aromatic heterocycles. The highest BCUT2D eigenvalue weighted by molar-refractivity contribution is 5.91. The Labute approximate surface area is 141 Å². The molecule has 1 aliphatic rings. The molecule has 0 bridgehead atoms. The quantitative estimate of drug-likeness (QED) is 0.847. The fraction of sp³-hybridized carbons (Fsp3) is 0.529. The van der Waals surface area contributed by atoms with E-state index in [0.29, 0.717) is 43.1 Å². The van der Waals surface area contributed by atoms with E-state index in [1.54, 1.807) is 18.0 Å². The van der Waals surface area contributed by atoms with E-state index in [0.717, 1.165) is 0 Å². The Hall–Kier alpha value is -2.28. The van der Waals surface area contributed by atoms with Gasteiger partial charge in [0.1, 0.15) is 11.5 Å². The van der Waals surface area contributed by atoms with Gasteiger partial charge in [-0.15, -0.1) is 0 Å². The van der Waals surface area contributed by atoms with Crippen molar-refractivity contribution in [1.29, 1.82) is 0 Å². The second-order valence-electron chi connectivity index (χ2n) is 5.82. The molecule has 0 radical (unpaired) electrons. The van der Waals surface area contributed by atoms with Gasteiger partial charge in [0.25, 0.3) is 0 Å². The Morgan fingerprint density at radius 1 is 1.29 bits per heavy atom. The third kappa shape index (κ3) is 3.46. The van der Waals surface area contributed by atoms with Gasteiger partial charge < -0.3 is 19.5 Å². The van der Waals surface area contributed by atoms with Crippen LogP contribution in [0.5, 0.6) is 11.5 Å². The van der Waals surface area contributed by atoms with E-state index in [1.165, 1.54) is 20.3 Å². The first-order valence-electron chi connectivity index (χ1n) is 7.90. The van der Waals surface area contributed by atoms with Gasteiger partial charge in [0.2, 0.25) is 5.91 Å². The van der Waals surface area contributed by atoms with Crippen LogP contribution < -0.4 is 9.47 Å². The zero-order valence-electron chi connectivity index (χ0n) is 14.5. The molecule has 1 aromatic carbocycles. The number of carboxylic acids is 1. The number of nitrogens with zero attached hydrogens (tertiary/aromatic N) is 2. The van der Waals surface area contributed by atoms with Crippen molar-refractivity contribution >= 4 is 11.9 Å². The summed E-state index contributed by atoms with van der Waals surface area (Å²) in [6.07, 6.45) is 0.671. The van der Waals surface area contributed by atoms with Crippen molar-refractivity contribution in [2.75, 3.05) is 34.4 Å². The number of piperazine rings is 1. The third-order valence-electron chi connectivity index (χ3n) is 4.44. The lowest BCUT2D eigenvalue weighted by Crippen LogP contribution is -2.55. The van der Waals surface area contributed by atoms with Gasteiger partial charge in [0, 0.05) is 38.3 Å². The molecule has 132 valence electrons. The lowest BCUT2D eigenvalue weighted by molar-refractivity contribution is -0.140. The molecule has 7 heteroatoms. The van der Waals surface area contributed by atoms with Gasteiger partial charge >= 0.3 is 5.97 Å². The Bertz CT molecular complexity index is 632. The summed E-state index contributed by atoms with van der Waals surface area (Å²) in [6, 6.07) is 2.90. The van der Waals surface area contributed by atoms with Crippen LogP contribution in [0.4, 0.5) is 0 Å². The number of carboxylic acid groups (broad SMARTS) is 1. The summed E-state index contributed by atoms with van der Waals surface area (Å²) in [5, 5.41) is 9.55. The third-order valence-corrected chi connectivity index (χ3v) is 4.44. The molecule has 0 saturated carbocycles. The minimum atomic E-state index is -1.05. The number of benzene rings is 1. The topological polar surface area (TPSA) is 79.3 Å². The Kier molecular flexibility index (Phi) is 5.66. The fourth-order valence-corrected chi connectivity index (χ4v) is 3.05. The summed E-state index contributed by atoms with van der Waals surface area (Å²) in [5.41, 5.74) is 0.689. The van der Waals surface area contributed by atoms with Crippen LogP contribution in [0.2, 0.25) is 0 Å². The average Bonchev–Trinajstić information content (AvgIpc) is 2.58. The Morgan fingerprint density at radius 3 is 2.54 bits per heavy atom. The summed E-state index contributed by atoms with van der Waals surface area (Å²) in [5.74, 6) is -0.105. The van der Waals surface area contributed by atoms with Gasteiger partial charge in [-0.1, -0.05) is 6.92 Å². The largest absolute Gasteiger partial charge is 0.497 e. The zero-order valence-corrected chi connectivity index (χ0v) is 14.5. The van der Waals surface area contributed by atoms with Gasteiger partial charge in [0.15, 0.2) is 0 Å². The Balaban J connectivity index is 2.40. The number of amides is 1. The minimum absolute atomic E-state index is 0.0631. The van der Waals surface area contributed by atoms with Crippen molar-refractivity contribution in [2.45, 2.75) is 25.9 Å². The maximum absolute atomic E-state index is 12.3. The number of methoxy groups -OCH3 is 2. The normalized spacial score (nSPS) is 18.6. The van der Waals surface area contributed by atoms with Crippen LogP contribution in [0.1, 0.15) is 29.3 Å². The van der Waals surface area contributed by atoms with Crippen molar-refractivity contribution in [2.24, 2.45) is 0 Å². The molecule has 1 atom stereocenters. The number of aromatic carboxylic acids is 1. The molecule has 1 fully saturated rings. The number of carbonyl (C=O) groups is 2. The molecule has 1 N–H and O–H groups in total. The van der Waals surface area contributed by atoms with E-state index in [4.69, 9.17) is 9.47 Å². The summed E-state index contributed by atoms with van der Waals surface area (Å²) in [4.78, 5) is 27.7. The second kappa shape index (κ2) is 7.53. The molecule has 0 spiro atoms. The maximum atomic E-state index is 12.3. The molecule has 24 heavy (non-hydrogen) atoms. The van der Waals surface area contributed by atoms with E-state index in [2.05, 4.69) is 0 Å². The number of likely N-dealkylation sites (N-methyl/N-ethyl adjacent to an activating group) is 1. The molecule has 0 aliphatic carbocycles. The molecule has 7 nitrogen and oxygen atoms in total. The minimum Gasteiger partial charge on any atom is -0.497 e. The molecular formula is C17H24N2O5. The molecule has 1 heterocycles. The van der Waals surface area contributed by atoms with Gasteiger partial charge in [0.05, 0.1) is 25.8 Å². The number of hydrogen-bond donors (Lipinski definition) is 1. The molecule has 1 saturated heterocycles. The van der Waals surface area contributed by atoms with Crippen molar-refractivity contribution in [3.63, 3.8) is 0 Å². The number of hydrogen-bond acceptors (Lipinski definition) is 5. The molecule has 1 aliphatic heterocycles. The van der Waals surface area contributed by atoms with Crippen LogP contribution in [0, 0.1) is 0 Å². The average molecular weight is 336 g/mol. The first-order valence-corrected chi connectivity index (χ1v) is 7.90. The number of carbonyl (C=O) groups excluding carboxylic acids is 1. The van der Waals surface area contributed by atoms with Crippen LogP contribution in [-0.4, -0.2) is 67.2 Å². The zero-order chi connectivity index (χ0) is 17.9. The highest BCUT2D eigenvalue weighted by Crippen LogP contribution is 2.31. The van der Waals surface area contributed by atoms with Crippen LogP contribution in [0.15, 0.2) is 12.1 Å². The smallest absolute Gasteiger partial charge is 0.336 e. The monoisotopic (exact) mass is 336 g/mol. The predicted molar refractivity (Wildman–Crippen MR) is 88.6 cm³/mol. The SMILES string of the molecule is CCC1C(=O)N(C)CCN1Cc1c(OC)cc(OC)cc1C(=O)O. The molecule has 2 rings (SSSR count). The highest BCUT2D eigenvalue weighted by Gasteiger charge is 2.33. The maximum Gasteiger partial charge on any atom is 0.336 e. The van der Waals surface area contributed by atoms with Crippen LogP contribution >= 0.6 is 0 Å². The van der Waals surface area contributed by atoms with E-state index in [-0.39, 0.29) is 17.5 Å². The number of ether oxygens (including phenoxy) is 2. The van der Waals surface area contributed by atoms with E-state index in [1.807, 2.05) is 11.8 Å². The van der Waals surface area contributed by atoms with Crippen molar-refractivity contribution in [1.82, 2.24) is 9.80 Å². The molecule has 1 unspecified atom stereocenters. The van der Waals surface area contributed by atoms with Crippen molar-refractivity contribution in [3.8, 4) is 11.5 Å². The van der Waals surface area contributed by atoms with Crippen LogP contribution in [0.3, 0.4) is 0 Å². The Morgan fingerprint density at radius 2 is 2.00 bits per heavy atom. The summed E-state index contributed by atoms with van der Waals surface area (Å²) >= 11 is 0. The molecular weight excluding hydrogens is 312 g/mol. The second-order valence-corrected chi connectivity index (χ2v) is 5.82. The van der Waals surface area contributed by atoms with Crippen molar-refractivity contribution in [3.05, 3.63) is 23.3 Å². The summed E-state index contributed by atoms with van der Waals surface area (Å²) < 4.78 is 10.5. The van der Waals surface area contributed by atoms with Crippen LogP contribution in [-0.2, 0) is 11.3 Å². The molecule has 1 amide bonds. The van der Waals surface area contributed by atoms with E-state index in [9.17, 15) is 14.7 Å². The lowest BCUT2D eigenvalue weighted by Gasteiger charge is -2.39. The summed E-state index contributed by atoms with van der Waals surface area (Å²) in [6.45, 7) is 3.61. The summed E-state index contributed by atoms with van der Waals surface area (Å²) in [7, 11) is 4.77. The predicted octanol–water partition coefficient (Wildman–Crippen LogP) is 1.45. The van der Waals surface area contributed by atoms with Crippen molar-refractivity contribution < 1.29 is 24.2 Å². The fourth-order valence-electron chi connectivity index (χ4n) is 3.05. The van der Waals surface area contributed by atoms with Gasteiger partial charge in [-0.3, -0.25) is 9.69 Å². The first kappa shape index (κ1) is 18.1. The van der Waals surface area contributed by atoms with Crippen LogP contribution in [0.25, 0.3) is 0 Å². The number of rotatable bonds is 6. The van der Waals surface area contributed by atoms with Gasteiger partial charge in [-0.25, -0.2) is 4.79 Å². The standard InChI is InChI=1S/C17H24N2O5/c1-5-14-16(20)18(2)6-7-19(14)10-13-12(17(21)22)8-11(23-3)9-15(13)24-4/h8-9,14H,5-7,10H2,1-4H3,(H,21,22). The van der Waals surface area contributed by atoms with E-state index >= 15 is 0 Å². The first-order chi connectivity index (χ1) is 11.4. The highest BCUT2D eigenvalue weighted by atomic mass is 16.5.